The lowest BCUT2D eigenvalue weighted by Crippen LogP contribution is -2.51. The summed E-state index contributed by atoms with van der Waals surface area (Å²) in [6.07, 6.45) is -0.306. The molecule has 0 radical (unpaired) electrons. The zero-order chi connectivity index (χ0) is 17.4. The molecule has 0 N–H and O–H groups in total. The summed E-state index contributed by atoms with van der Waals surface area (Å²) in [6.45, 7) is 4.28. The second-order valence-corrected chi connectivity index (χ2v) is 6.35. The number of nitrogens with zero attached hydrogens (tertiary/aromatic N) is 3. The van der Waals surface area contributed by atoms with Crippen molar-refractivity contribution in [2.24, 2.45) is 0 Å². The van der Waals surface area contributed by atoms with Crippen molar-refractivity contribution in [1.82, 2.24) is 9.80 Å². The van der Waals surface area contributed by atoms with Gasteiger partial charge in [-0.2, -0.15) is 5.26 Å². The summed E-state index contributed by atoms with van der Waals surface area (Å²) in [6, 6.07) is 9.48. The van der Waals surface area contributed by atoms with E-state index in [1.807, 2.05) is 12.1 Å². The number of thioether (sulfide) groups is 1. The summed E-state index contributed by atoms with van der Waals surface area (Å²) < 4.78 is 4.97. The Hall–Kier alpha value is -2.20. The van der Waals surface area contributed by atoms with Crippen LogP contribution in [0.3, 0.4) is 0 Å². The molecule has 0 bridgehead atoms. The third-order valence-electron chi connectivity index (χ3n) is 3.74. The van der Waals surface area contributed by atoms with Gasteiger partial charge in [0.15, 0.2) is 0 Å². The molecule has 0 aromatic heterocycles. The summed E-state index contributed by atoms with van der Waals surface area (Å²) in [4.78, 5) is 27.3. The lowest BCUT2D eigenvalue weighted by atomic mass is 10.2. The van der Waals surface area contributed by atoms with Crippen LogP contribution in [0.2, 0.25) is 0 Å². The Morgan fingerprint density at radius 1 is 1.17 bits per heavy atom. The highest BCUT2D eigenvalue weighted by molar-refractivity contribution is 7.99. The second-order valence-electron chi connectivity index (χ2n) is 5.37. The maximum Gasteiger partial charge on any atom is 0.409 e. The van der Waals surface area contributed by atoms with Crippen LogP contribution in [0, 0.1) is 11.3 Å². The third-order valence-corrected chi connectivity index (χ3v) is 4.72. The van der Waals surface area contributed by atoms with Gasteiger partial charge in [-0.25, -0.2) is 4.79 Å². The fourth-order valence-electron chi connectivity index (χ4n) is 2.38. The van der Waals surface area contributed by atoms with Crippen molar-refractivity contribution in [2.45, 2.75) is 12.7 Å². The van der Waals surface area contributed by atoms with E-state index in [-0.39, 0.29) is 12.0 Å². The van der Waals surface area contributed by atoms with Crippen LogP contribution in [0.5, 0.6) is 0 Å². The number of piperazine rings is 1. The van der Waals surface area contributed by atoms with Gasteiger partial charge in [-0.05, 0) is 24.6 Å². The smallest absolute Gasteiger partial charge is 0.409 e. The zero-order valence-electron chi connectivity index (χ0n) is 13.7. The number of nitriles is 1. The van der Waals surface area contributed by atoms with Gasteiger partial charge in [-0.15, -0.1) is 11.8 Å². The Labute approximate surface area is 146 Å². The number of carbonyl (C=O) groups is 2. The molecule has 0 saturated carbocycles. The molecule has 0 aliphatic carbocycles. The van der Waals surface area contributed by atoms with Crippen molar-refractivity contribution in [3.63, 3.8) is 0 Å². The van der Waals surface area contributed by atoms with Gasteiger partial charge in [0.1, 0.15) is 0 Å². The summed E-state index contributed by atoms with van der Waals surface area (Å²) >= 11 is 1.56. The molecule has 2 rings (SSSR count). The Morgan fingerprint density at radius 3 is 2.38 bits per heavy atom. The Bertz CT molecular complexity index is 605. The van der Waals surface area contributed by atoms with Gasteiger partial charge in [-0.1, -0.05) is 12.1 Å². The highest BCUT2D eigenvalue weighted by Gasteiger charge is 2.24. The van der Waals surface area contributed by atoms with Crippen molar-refractivity contribution in [3.8, 4) is 6.07 Å². The van der Waals surface area contributed by atoms with E-state index < -0.39 is 0 Å². The minimum Gasteiger partial charge on any atom is -0.450 e. The second kappa shape index (κ2) is 9.18. The molecule has 1 heterocycles. The first kappa shape index (κ1) is 18.1. The van der Waals surface area contributed by atoms with Gasteiger partial charge in [0.05, 0.1) is 24.0 Å². The van der Waals surface area contributed by atoms with Crippen LogP contribution in [-0.2, 0) is 15.3 Å². The summed E-state index contributed by atoms with van der Waals surface area (Å²) in [5.41, 5.74) is 1.73. The van der Waals surface area contributed by atoms with E-state index >= 15 is 0 Å². The number of hydrogen-bond donors (Lipinski definition) is 0. The largest absolute Gasteiger partial charge is 0.450 e. The third kappa shape index (κ3) is 5.17. The van der Waals surface area contributed by atoms with Crippen molar-refractivity contribution < 1.29 is 14.3 Å². The number of benzene rings is 1. The molecule has 0 unspecified atom stereocenters. The molecule has 6 nitrogen and oxygen atoms in total. The predicted octanol–water partition coefficient (Wildman–Crippen LogP) is 2.09. The molecule has 2 amide bonds. The number of ether oxygens (including phenoxy) is 1. The number of amides is 2. The SMILES string of the molecule is CCOC(=O)N1CCN(C(=O)CSCc2ccc(C#N)cc2)CC1. The van der Waals surface area contributed by atoms with Crippen molar-refractivity contribution >= 4 is 23.8 Å². The van der Waals surface area contributed by atoms with E-state index in [1.54, 1.807) is 40.6 Å². The van der Waals surface area contributed by atoms with Crippen molar-refractivity contribution in [3.05, 3.63) is 35.4 Å². The van der Waals surface area contributed by atoms with Crippen LogP contribution < -0.4 is 0 Å². The quantitative estimate of drug-likeness (QED) is 0.815. The van der Waals surface area contributed by atoms with Gasteiger partial charge in [-0.3, -0.25) is 4.79 Å². The molecule has 24 heavy (non-hydrogen) atoms. The minimum absolute atomic E-state index is 0.0946. The molecule has 0 spiro atoms. The average Bonchev–Trinajstić information content (AvgIpc) is 2.62. The highest BCUT2D eigenvalue weighted by atomic mass is 32.2. The topological polar surface area (TPSA) is 73.6 Å². The maximum atomic E-state index is 12.2. The van der Waals surface area contributed by atoms with Crippen LogP contribution in [-0.4, -0.2) is 60.3 Å². The molecule has 7 heteroatoms. The first-order valence-electron chi connectivity index (χ1n) is 7.90. The van der Waals surface area contributed by atoms with Gasteiger partial charge in [0, 0.05) is 31.9 Å². The Balaban J connectivity index is 1.70. The van der Waals surface area contributed by atoms with Gasteiger partial charge >= 0.3 is 6.09 Å². The highest BCUT2D eigenvalue weighted by Crippen LogP contribution is 2.14. The number of carbonyl (C=O) groups excluding carboxylic acids is 2. The predicted molar refractivity (Wildman–Crippen MR) is 92.5 cm³/mol. The van der Waals surface area contributed by atoms with Crippen LogP contribution >= 0.6 is 11.8 Å². The minimum atomic E-state index is -0.306. The summed E-state index contributed by atoms with van der Waals surface area (Å²) in [5, 5.41) is 8.77. The van der Waals surface area contributed by atoms with Crippen LogP contribution in [0.15, 0.2) is 24.3 Å². The van der Waals surface area contributed by atoms with E-state index in [0.29, 0.717) is 44.1 Å². The normalized spacial score (nSPS) is 14.2. The summed E-state index contributed by atoms with van der Waals surface area (Å²) in [7, 11) is 0. The molecule has 128 valence electrons. The number of hydrogen-bond acceptors (Lipinski definition) is 5. The van der Waals surface area contributed by atoms with Crippen LogP contribution in [0.1, 0.15) is 18.1 Å². The van der Waals surface area contributed by atoms with Gasteiger partial charge in [0.2, 0.25) is 5.91 Å². The van der Waals surface area contributed by atoms with Gasteiger partial charge in [0.25, 0.3) is 0 Å². The monoisotopic (exact) mass is 347 g/mol. The Morgan fingerprint density at radius 2 is 1.79 bits per heavy atom. The lowest BCUT2D eigenvalue weighted by molar-refractivity contribution is -0.129. The van der Waals surface area contributed by atoms with E-state index in [1.165, 1.54) is 0 Å². The van der Waals surface area contributed by atoms with E-state index in [0.717, 1.165) is 11.3 Å². The maximum absolute atomic E-state index is 12.2. The molecule has 1 saturated heterocycles. The van der Waals surface area contributed by atoms with E-state index in [4.69, 9.17) is 10.00 Å². The Kier molecular flexibility index (Phi) is 6.94. The molecule has 0 atom stereocenters. The molecule has 1 aromatic rings. The first-order chi connectivity index (χ1) is 11.6. The molecule has 1 fully saturated rings. The standard InChI is InChI=1S/C17H21N3O3S/c1-2-23-17(22)20-9-7-19(8-10-20)16(21)13-24-12-15-5-3-14(11-18)4-6-15/h3-6H,2,7-10,12-13H2,1H3. The molecule has 1 aliphatic rings. The van der Waals surface area contributed by atoms with Crippen LogP contribution in [0.4, 0.5) is 4.79 Å². The lowest BCUT2D eigenvalue weighted by Gasteiger charge is -2.34. The average molecular weight is 347 g/mol. The first-order valence-corrected chi connectivity index (χ1v) is 9.05. The summed E-state index contributed by atoms with van der Waals surface area (Å²) in [5.74, 6) is 1.25. The van der Waals surface area contributed by atoms with E-state index in [2.05, 4.69) is 6.07 Å². The fourth-order valence-corrected chi connectivity index (χ4v) is 3.26. The van der Waals surface area contributed by atoms with Crippen molar-refractivity contribution in [2.75, 3.05) is 38.5 Å². The molecular weight excluding hydrogens is 326 g/mol. The van der Waals surface area contributed by atoms with Crippen molar-refractivity contribution in [1.29, 1.82) is 5.26 Å². The molecular formula is C17H21N3O3S. The fraction of sp³-hybridized carbons (Fsp3) is 0.471. The number of rotatable bonds is 5. The molecule has 1 aromatic carbocycles. The van der Waals surface area contributed by atoms with Gasteiger partial charge < -0.3 is 14.5 Å². The molecule has 1 aliphatic heterocycles. The van der Waals surface area contributed by atoms with E-state index in [9.17, 15) is 9.59 Å². The van der Waals surface area contributed by atoms with Crippen LogP contribution in [0.25, 0.3) is 0 Å². The zero-order valence-corrected chi connectivity index (χ0v) is 14.6.